The first-order chi connectivity index (χ1) is 18.4. The minimum atomic E-state index is -3.96. The average Bonchev–Trinajstić information content (AvgIpc) is 3.22. The minimum Gasteiger partial charge on any atom is -0.371 e. The Bertz CT molecular complexity index is 1210. The van der Waals surface area contributed by atoms with E-state index in [0.717, 1.165) is 63.5 Å². The first kappa shape index (κ1) is 27.4. The van der Waals surface area contributed by atoms with Crippen LogP contribution in [0.1, 0.15) is 42.5 Å². The zero-order valence-corrected chi connectivity index (χ0v) is 22.0. The second kappa shape index (κ2) is 13.2. The lowest BCUT2D eigenvalue weighted by molar-refractivity contribution is -0.146. The molecule has 2 aromatic rings. The number of hydrogen-bond acceptors (Lipinski definition) is 9. The molecule has 12 heteroatoms. The summed E-state index contributed by atoms with van der Waals surface area (Å²) in [6.45, 7) is 3.66. The van der Waals surface area contributed by atoms with Crippen molar-refractivity contribution in [2.45, 2.75) is 43.0 Å². The molecule has 2 aliphatic rings. The number of nitrogens with zero attached hydrogens (tertiary/aromatic N) is 2. The Kier molecular flexibility index (Phi) is 9.55. The van der Waals surface area contributed by atoms with Gasteiger partial charge >= 0.3 is 5.97 Å². The summed E-state index contributed by atoms with van der Waals surface area (Å²) in [6, 6.07) is 15.3. The molecule has 1 amide bonds. The van der Waals surface area contributed by atoms with Crippen LogP contribution in [-0.2, 0) is 19.7 Å². The SMILES string of the molecule is O=C(CCNC(=O)c1ccc(N2CCC(NC3=NCCCCN3)CC2)cc1)ONS(=O)(=O)c1ccccc1. The van der Waals surface area contributed by atoms with Gasteiger partial charge in [-0.25, -0.2) is 8.42 Å². The van der Waals surface area contributed by atoms with Crippen molar-refractivity contribution < 1.29 is 22.8 Å². The summed E-state index contributed by atoms with van der Waals surface area (Å²) >= 11 is 0. The van der Waals surface area contributed by atoms with Crippen LogP contribution in [0.2, 0.25) is 0 Å². The van der Waals surface area contributed by atoms with Gasteiger partial charge in [0.1, 0.15) is 0 Å². The summed E-state index contributed by atoms with van der Waals surface area (Å²) < 4.78 is 24.2. The number of sulfonamides is 1. The van der Waals surface area contributed by atoms with E-state index in [1.54, 1.807) is 35.2 Å². The molecule has 4 rings (SSSR count). The number of rotatable bonds is 9. The molecular weight excluding hydrogens is 508 g/mol. The van der Waals surface area contributed by atoms with Crippen LogP contribution in [0.3, 0.4) is 0 Å². The van der Waals surface area contributed by atoms with Crippen molar-refractivity contribution in [3.8, 4) is 0 Å². The Morgan fingerprint density at radius 3 is 2.50 bits per heavy atom. The van der Waals surface area contributed by atoms with Crippen LogP contribution in [0.5, 0.6) is 0 Å². The number of anilines is 1. The topological polar surface area (TPSA) is 141 Å². The van der Waals surface area contributed by atoms with Crippen LogP contribution in [0.25, 0.3) is 0 Å². The van der Waals surface area contributed by atoms with Gasteiger partial charge in [-0.3, -0.25) is 14.6 Å². The van der Waals surface area contributed by atoms with Crippen molar-refractivity contribution in [3.63, 3.8) is 0 Å². The van der Waals surface area contributed by atoms with Gasteiger partial charge in [-0.15, -0.1) is 0 Å². The molecule has 0 aromatic heterocycles. The maximum Gasteiger partial charge on any atom is 0.327 e. The van der Waals surface area contributed by atoms with E-state index in [0.29, 0.717) is 11.6 Å². The molecular formula is C26H34N6O5S. The quantitative estimate of drug-likeness (QED) is 0.350. The number of nitrogens with one attached hydrogen (secondary N) is 4. The first-order valence-electron chi connectivity index (χ1n) is 12.9. The zero-order chi connectivity index (χ0) is 26.8. The number of benzene rings is 2. The standard InChI is InChI=1S/C26H34N6O5S/c33-24(37-31-38(35,36)23-6-2-1-3-7-23)12-17-27-25(34)20-8-10-22(11-9-20)32-18-13-21(14-19-32)30-26-28-15-4-5-16-29-26/h1-3,6-11,21,31H,4-5,12-19H2,(H,27,34)(H2,28,29,30). The molecule has 0 spiro atoms. The lowest BCUT2D eigenvalue weighted by Crippen LogP contribution is -2.48. The molecule has 0 aliphatic carbocycles. The molecule has 0 atom stereocenters. The molecule has 2 aromatic carbocycles. The Hall–Kier alpha value is -3.64. The van der Waals surface area contributed by atoms with E-state index in [2.05, 4.69) is 30.7 Å². The first-order valence-corrected chi connectivity index (χ1v) is 14.3. The van der Waals surface area contributed by atoms with Gasteiger partial charge in [0.05, 0.1) is 11.3 Å². The highest BCUT2D eigenvalue weighted by Gasteiger charge is 2.21. The van der Waals surface area contributed by atoms with Crippen LogP contribution in [-0.4, -0.2) is 65.0 Å². The Morgan fingerprint density at radius 2 is 1.76 bits per heavy atom. The highest BCUT2D eigenvalue weighted by atomic mass is 32.2. The maximum atomic E-state index is 12.5. The molecule has 38 heavy (non-hydrogen) atoms. The van der Waals surface area contributed by atoms with E-state index >= 15 is 0 Å². The van der Waals surface area contributed by atoms with Crippen LogP contribution in [0.4, 0.5) is 5.69 Å². The summed E-state index contributed by atoms with van der Waals surface area (Å²) in [4.78, 5) is 37.6. The van der Waals surface area contributed by atoms with Crippen molar-refractivity contribution in [2.75, 3.05) is 37.6 Å². The molecule has 4 N–H and O–H groups in total. The molecule has 2 aliphatic heterocycles. The zero-order valence-electron chi connectivity index (χ0n) is 21.2. The van der Waals surface area contributed by atoms with Gasteiger partial charge in [-0.05, 0) is 67.0 Å². The maximum absolute atomic E-state index is 12.5. The number of piperidine rings is 1. The predicted octanol–water partition coefficient (Wildman–Crippen LogP) is 1.54. The lowest BCUT2D eigenvalue weighted by atomic mass is 10.0. The fourth-order valence-corrected chi connectivity index (χ4v) is 5.08. The average molecular weight is 543 g/mol. The van der Waals surface area contributed by atoms with E-state index in [9.17, 15) is 18.0 Å². The summed E-state index contributed by atoms with van der Waals surface area (Å²) in [5.41, 5.74) is 1.53. The Morgan fingerprint density at radius 1 is 1.03 bits per heavy atom. The highest BCUT2D eigenvalue weighted by molar-refractivity contribution is 7.89. The molecule has 1 fully saturated rings. The number of carbonyl (C=O) groups is 2. The smallest absolute Gasteiger partial charge is 0.327 e. The van der Waals surface area contributed by atoms with Gasteiger partial charge in [0.15, 0.2) is 5.96 Å². The van der Waals surface area contributed by atoms with Crippen molar-refractivity contribution >= 4 is 33.5 Å². The summed E-state index contributed by atoms with van der Waals surface area (Å²) in [7, 11) is -3.96. The van der Waals surface area contributed by atoms with E-state index in [1.807, 2.05) is 12.1 Å². The van der Waals surface area contributed by atoms with Gasteiger partial charge in [0.2, 0.25) is 0 Å². The molecule has 0 radical (unpaired) electrons. The fraction of sp³-hybridized carbons (Fsp3) is 0.423. The highest BCUT2D eigenvalue weighted by Crippen LogP contribution is 2.21. The normalized spacial score (nSPS) is 16.5. The minimum absolute atomic E-state index is 0.00709. The fourth-order valence-electron chi connectivity index (χ4n) is 4.27. The van der Waals surface area contributed by atoms with Crippen molar-refractivity contribution in [1.29, 1.82) is 0 Å². The van der Waals surface area contributed by atoms with Gasteiger partial charge in [-0.1, -0.05) is 18.2 Å². The van der Waals surface area contributed by atoms with E-state index in [-0.39, 0.29) is 23.8 Å². The number of aliphatic imine (C=N–C) groups is 1. The van der Waals surface area contributed by atoms with Crippen LogP contribution < -0.4 is 25.7 Å². The number of amides is 1. The van der Waals surface area contributed by atoms with Gasteiger partial charge in [0, 0.05) is 50.0 Å². The third-order valence-corrected chi connectivity index (χ3v) is 7.61. The number of hydrogen-bond donors (Lipinski definition) is 4. The second-order valence-corrected chi connectivity index (χ2v) is 10.8. The molecule has 0 unspecified atom stereocenters. The number of guanidine groups is 1. The Balaban J connectivity index is 1.16. The van der Waals surface area contributed by atoms with Crippen LogP contribution in [0, 0.1) is 0 Å². The summed E-state index contributed by atoms with van der Waals surface area (Å²) in [6.07, 6.45) is 4.08. The molecule has 204 valence electrons. The molecule has 2 heterocycles. The van der Waals surface area contributed by atoms with E-state index in [4.69, 9.17) is 0 Å². The molecule has 0 bridgehead atoms. The third kappa shape index (κ3) is 7.93. The lowest BCUT2D eigenvalue weighted by Gasteiger charge is -2.34. The summed E-state index contributed by atoms with van der Waals surface area (Å²) in [5.74, 6) is -0.216. The van der Waals surface area contributed by atoms with Crippen LogP contribution in [0.15, 0.2) is 64.5 Å². The number of carbonyl (C=O) groups excluding carboxylic acids is 2. The predicted molar refractivity (Wildman–Crippen MR) is 144 cm³/mol. The van der Waals surface area contributed by atoms with Crippen molar-refractivity contribution in [1.82, 2.24) is 20.8 Å². The van der Waals surface area contributed by atoms with Crippen LogP contribution >= 0.6 is 0 Å². The molecule has 11 nitrogen and oxygen atoms in total. The molecule has 1 saturated heterocycles. The van der Waals surface area contributed by atoms with Crippen molar-refractivity contribution in [2.24, 2.45) is 4.99 Å². The van der Waals surface area contributed by atoms with E-state index in [1.165, 1.54) is 12.1 Å². The third-order valence-electron chi connectivity index (χ3n) is 6.41. The van der Waals surface area contributed by atoms with Gasteiger partial charge < -0.3 is 25.7 Å². The second-order valence-electron chi connectivity index (χ2n) is 9.20. The van der Waals surface area contributed by atoms with Crippen molar-refractivity contribution in [3.05, 3.63) is 60.2 Å². The Labute approximate surface area is 223 Å². The van der Waals surface area contributed by atoms with Gasteiger partial charge in [-0.2, -0.15) is 0 Å². The molecule has 0 saturated carbocycles. The van der Waals surface area contributed by atoms with Gasteiger partial charge in [0.25, 0.3) is 15.9 Å². The monoisotopic (exact) mass is 542 g/mol. The largest absolute Gasteiger partial charge is 0.371 e. The summed E-state index contributed by atoms with van der Waals surface area (Å²) in [5, 5.41) is 9.55. The van der Waals surface area contributed by atoms with E-state index < -0.39 is 16.0 Å².